The first kappa shape index (κ1) is 17.4. The lowest BCUT2D eigenvalue weighted by molar-refractivity contribution is -0.129. The van der Waals surface area contributed by atoms with Gasteiger partial charge in [0.15, 0.2) is 5.78 Å². The van der Waals surface area contributed by atoms with Crippen LogP contribution in [0.4, 0.5) is 4.79 Å². The van der Waals surface area contributed by atoms with E-state index in [1.165, 1.54) is 16.2 Å². The molecule has 1 aromatic heterocycles. The highest BCUT2D eigenvalue weighted by Gasteiger charge is 2.35. The minimum absolute atomic E-state index is 0.0279. The standard InChI is InChI=1S/C15H20BrNO4S/c1-15(2,3)21-14(19)17-4-5-20-8-12(17)13(18)7-11-6-10(16)9-22-11/h6,9,12H,4-5,7-8H2,1-3H3. The summed E-state index contributed by atoms with van der Waals surface area (Å²) >= 11 is 4.89. The monoisotopic (exact) mass is 389 g/mol. The number of carbonyl (C=O) groups is 2. The Morgan fingerprint density at radius 1 is 1.50 bits per heavy atom. The maximum absolute atomic E-state index is 12.5. The molecule has 0 bridgehead atoms. The van der Waals surface area contributed by atoms with Crippen LogP contribution in [-0.4, -0.2) is 48.2 Å². The lowest BCUT2D eigenvalue weighted by atomic mass is 10.1. The van der Waals surface area contributed by atoms with Gasteiger partial charge < -0.3 is 9.47 Å². The summed E-state index contributed by atoms with van der Waals surface area (Å²) in [5, 5.41) is 1.94. The molecule has 2 heterocycles. The highest BCUT2D eigenvalue weighted by atomic mass is 79.9. The van der Waals surface area contributed by atoms with Crippen molar-refractivity contribution in [1.82, 2.24) is 4.90 Å². The van der Waals surface area contributed by atoms with Crippen LogP contribution in [0.3, 0.4) is 0 Å². The van der Waals surface area contributed by atoms with Gasteiger partial charge in [-0.25, -0.2) is 4.79 Å². The van der Waals surface area contributed by atoms with Crippen molar-refractivity contribution in [3.05, 3.63) is 20.8 Å². The number of morpholine rings is 1. The zero-order valence-electron chi connectivity index (χ0n) is 12.9. The van der Waals surface area contributed by atoms with Crippen molar-refractivity contribution in [3.8, 4) is 0 Å². The number of hydrogen-bond acceptors (Lipinski definition) is 5. The molecule has 0 saturated carbocycles. The Morgan fingerprint density at radius 2 is 2.23 bits per heavy atom. The maximum Gasteiger partial charge on any atom is 0.411 e. The van der Waals surface area contributed by atoms with Crippen LogP contribution in [0.15, 0.2) is 15.9 Å². The normalized spacial score (nSPS) is 19.1. The third-order valence-corrected chi connectivity index (χ3v) is 4.80. The number of ether oxygens (including phenoxy) is 2. The number of thiophene rings is 1. The molecule has 1 fully saturated rings. The van der Waals surface area contributed by atoms with Gasteiger partial charge >= 0.3 is 6.09 Å². The van der Waals surface area contributed by atoms with E-state index in [0.717, 1.165) is 9.35 Å². The van der Waals surface area contributed by atoms with E-state index < -0.39 is 17.7 Å². The van der Waals surface area contributed by atoms with E-state index >= 15 is 0 Å². The third-order valence-electron chi connectivity index (χ3n) is 3.10. The van der Waals surface area contributed by atoms with E-state index in [1.807, 2.05) is 32.2 Å². The van der Waals surface area contributed by atoms with Crippen LogP contribution in [-0.2, 0) is 20.7 Å². The van der Waals surface area contributed by atoms with Crippen molar-refractivity contribution in [2.75, 3.05) is 19.8 Å². The second kappa shape index (κ2) is 7.10. The zero-order chi connectivity index (χ0) is 16.3. The molecular formula is C15H20BrNO4S. The Hall–Kier alpha value is -0.920. The van der Waals surface area contributed by atoms with Gasteiger partial charge in [-0.15, -0.1) is 11.3 Å². The molecule has 1 aliphatic heterocycles. The Morgan fingerprint density at radius 3 is 2.82 bits per heavy atom. The molecule has 1 saturated heterocycles. The fourth-order valence-corrected chi connectivity index (χ4v) is 3.61. The molecule has 1 unspecified atom stereocenters. The van der Waals surface area contributed by atoms with E-state index in [9.17, 15) is 9.59 Å². The molecule has 0 aliphatic carbocycles. The summed E-state index contributed by atoms with van der Waals surface area (Å²) in [5.74, 6) is -0.0279. The molecule has 1 aromatic rings. The number of amides is 1. The average Bonchev–Trinajstić information content (AvgIpc) is 2.82. The van der Waals surface area contributed by atoms with Gasteiger partial charge in [0.2, 0.25) is 0 Å². The first-order chi connectivity index (χ1) is 10.3. The molecule has 0 spiro atoms. The molecule has 1 aliphatic rings. The van der Waals surface area contributed by atoms with E-state index in [-0.39, 0.29) is 12.4 Å². The Kier molecular flexibility index (Phi) is 5.63. The van der Waals surface area contributed by atoms with Crippen LogP contribution >= 0.6 is 27.3 Å². The highest BCUT2D eigenvalue weighted by Crippen LogP contribution is 2.22. The number of carbonyl (C=O) groups excluding carboxylic acids is 2. The van der Waals surface area contributed by atoms with E-state index in [1.54, 1.807) is 0 Å². The smallest absolute Gasteiger partial charge is 0.411 e. The van der Waals surface area contributed by atoms with E-state index in [0.29, 0.717) is 19.6 Å². The molecule has 0 aromatic carbocycles. The summed E-state index contributed by atoms with van der Waals surface area (Å²) in [6.07, 6.45) is -0.162. The number of Topliss-reactive ketones (excluding diaryl/α,β-unsaturated/α-hetero) is 1. The third kappa shape index (κ3) is 4.79. The minimum Gasteiger partial charge on any atom is -0.444 e. The van der Waals surface area contributed by atoms with Crippen LogP contribution in [0.1, 0.15) is 25.6 Å². The fourth-order valence-electron chi connectivity index (χ4n) is 2.15. The summed E-state index contributed by atoms with van der Waals surface area (Å²) in [5.41, 5.74) is -0.582. The Balaban J connectivity index is 2.05. The molecular weight excluding hydrogens is 370 g/mol. The number of halogens is 1. The fraction of sp³-hybridized carbons (Fsp3) is 0.600. The van der Waals surface area contributed by atoms with Crippen LogP contribution < -0.4 is 0 Å². The first-order valence-corrected chi connectivity index (χ1v) is 8.76. The predicted octanol–water partition coefficient (Wildman–Crippen LogP) is 3.26. The molecule has 7 heteroatoms. The van der Waals surface area contributed by atoms with Crippen molar-refractivity contribution in [2.24, 2.45) is 0 Å². The summed E-state index contributed by atoms with van der Waals surface area (Å²) < 4.78 is 11.7. The first-order valence-electron chi connectivity index (χ1n) is 7.09. The number of hydrogen-bond donors (Lipinski definition) is 0. The van der Waals surface area contributed by atoms with Gasteiger partial charge in [0, 0.05) is 27.7 Å². The molecule has 1 atom stereocenters. The van der Waals surface area contributed by atoms with Gasteiger partial charge in [-0.1, -0.05) is 0 Å². The minimum atomic E-state index is -0.582. The number of ketones is 1. The summed E-state index contributed by atoms with van der Waals surface area (Å²) in [7, 11) is 0. The lowest BCUT2D eigenvalue weighted by Gasteiger charge is -2.35. The number of rotatable bonds is 3. The molecule has 0 N–H and O–H groups in total. The molecule has 0 radical (unpaired) electrons. The molecule has 122 valence electrons. The van der Waals surface area contributed by atoms with Crippen molar-refractivity contribution in [2.45, 2.75) is 38.8 Å². The molecule has 2 rings (SSSR count). The zero-order valence-corrected chi connectivity index (χ0v) is 15.3. The highest BCUT2D eigenvalue weighted by molar-refractivity contribution is 9.10. The van der Waals surface area contributed by atoms with Gasteiger partial charge in [0.1, 0.15) is 11.6 Å². The summed E-state index contributed by atoms with van der Waals surface area (Å²) in [6.45, 7) is 6.46. The lowest BCUT2D eigenvalue weighted by Crippen LogP contribution is -2.54. The van der Waals surface area contributed by atoms with Crippen LogP contribution in [0.5, 0.6) is 0 Å². The van der Waals surface area contributed by atoms with Crippen molar-refractivity contribution >= 4 is 39.1 Å². The van der Waals surface area contributed by atoms with E-state index in [2.05, 4.69) is 15.9 Å². The largest absolute Gasteiger partial charge is 0.444 e. The van der Waals surface area contributed by atoms with Crippen LogP contribution in [0.25, 0.3) is 0 Å². The van der Waals surface area contributed by atoms with Crippen LogP contribution in [0, 0.1) is 0 Å². The summed E-state index contributed by atoms with van der Waals surface area (Å²) in [4.78, 5) is 27.2. The van der Waals surface area contributed by atoms with Gasteiger partial charge in [-0.2, -0.15) is 0 Å². The molecule has 5 nitrogen and oxygen atoms in total. The SMILES string of the molecule is CC(C)(C)OC(=O)N1CCOCC1C(=O)Cc1cc(Br)cs1. The second-order valence-electron chi connectivity index (χ2n) is 6.14. The number of nitrogens with zero attached hydrogens (tertiary/aromatic N) is 1. The topological polar surface area (TPSA) is 55.8 Å². The van der Waals surface area contributed by atoms with Gasteiger partial charge in [0.25, 0.3) is 0 Å². The maximum atomic E-state index is 12.5. The van der Waals surface area contributed by atoms with Crippen LogP contribution in [0.2, 0.25) is 0 Å². The molecule has 1 amide bonds. The van der Waals surface area contributed by atoms with Crippen molar-refractivity contribution < 1.29 is 19.1 Å². The van der Waals surface area contributed by atoms with E-state index in [4.69, 9.17) is 9.47 Å². The average molecular weight is 390 g/mol. The Bertz CT molecular complexity index is 552. The quantitative estimate of drug-likeness (QED) is 0.795. The Labute approximate surface area is 142 Å². The second-order valence-corrected chi connectivity index (χ2v) is 8.05. The van der Waals surface area contributed by atoms with Gasteiger partial charge in [-0.05, 0) is 42.8 Å². The van der Waals surface area contributed by atoms with Crippen molar-refractivity contribution in [1.29, 1.82) is 0 Å². The van der Waals surface area contributed by atoms with Crippen molar-refractivity contribution in [3.63, 3.8) is 0 Å². The molecule has 22 heavy (non-hydrogen) atoms. The van der Waals surface area contributed by atoms with Gasteiger partial charge in [0.05, 0.1) is 13.2 Å². The summed E-state index contributed by atoms with van der Waals surface area (Å²) in [6, 6.07) is 1.34. The predicted molar refractivity (Wildman–Crippen MR) is 88.3 cm³/mol. The van der Waals surface area contributed by atoms with Gasteiger partial charge in [-0.3, -0.25) is 9.69 Å².